The van der Waals surface area contributed by atoms with E-state index in [9.17, 15) is 14.4 Å². The van der Waals surface area contributed by atoms with Crippen LogP contribution in [0.2, 0.25) is 5.02 Å². The van der Waals surface area contributed by atoms with E-state index in [2.05, 4.69) is 10.6 Å². The minimum Gasteiger partial charge on any atom is -0.465 e. The summed E-state index contributed by atoms with van der Waals surface area (Å²) in [5.41, 5.74) is -0.382. The SMILES string of the molecule is COC(=O)c1ccccc1NC(=O)C(C)(C)C(=O)Nc1ccc(Cl)cc1. The number of para-hydroxylation sites is 1. The average Bonchev–Trinajstić information content (AvgIpc) is 2.63. The smallest absolute Gasteiger partial charge is 0.339 e. The summed E-state index contributed by atoms with van der Waals surface area (Å²) in [5.74, 6) is -1.63. The van der Waals surface area contributed by atoms with Gasteiger partial charge in [0.1, 0.15) is 5.41 Å². The summed E-state index contributed by atoms with van der Waals surface area (Å²) in [6, 6.07) is 13.0. The van der Waals surface area contributed by atoms with Gasteiger partial charge in [-0.15, -0.1) is 0 Å². The van der Waals surface area contributed by atoms with E-state index in [4.69, 9.17) is 16.3 Å². The van der Waals surface area contributed by atoms with Crippen molar-refractivity contribution in [2.45, 2.75) is 13.8 Å². The molecular formula is C19H19ClN2O4. The maximum absolute atomic E-state index is 12.6. The Balaban J connectivity index is 2.16. The van der Waals surface area contributed by atoms with E-state index in [0.29, 0.717) is 10.7 Å². The number of benzene rings is 2. The van der Waals surface area contributed by atoms with Gasteiger partial charge < -0.3 is 15.4 Å². The van der Waals surface area contributed by atoms with E-state index < -0.39 is 23.2 Å². The first kappa shape index (κ1) is 19.5. The number of carbonyl (C=O) groups excluding carboxylic acids is 3. The fraction of sp³-hybridized carbons (Fsp3) is 0.211. The second-order valence-corrected chi connectivity index (χ2v) is 6.51. The number of nitrogens with one attached hydrogen (secondary N) is 2. The molecule has 2 rings (SSSR count). The molecule has 2 amide bonds. The lowest BCUT2D eigenvalue weighted by molar-refractivity contribution is -0.135. The lowest BCUT2D eigenvalue weighted by Crippen LogP contribution is -2.41. The minimum atomic E-state index is -1.39. The molecule has 0 radical (unpaired) electrons. The number of carbonyl (C=O) groups is 3. The molecule has 0 fully saturated rings. The van der Waals surface area contributed by atoms with E-state index in [-0.39, 0.29) is 11.3 Å². The molecule has 26 heavy (non-hydrogen) atoms. The standard InChI is InChI=1S/C19H19ClN2O4/c1-19(2,17(24)21-13-10-8-12(20)9-11-13)18(25)22-15-7-5-4-6-14(15)16(23)26-3/h4-11H,1-3H3,(H,21,24)(H,22,25). The third-order valence-electron chi connectivity index (χ3n) is 3.82. The molecule has 0 atom stereocenters. The molecule has 0 saturated heterocycles. The van der Waals surface area contributed by atoms with Gasteiger partial charge >= 0.3 is 5.97 Å². The van der Waals surface area contributed by atoms with Crippen LogP contribution < -0.4 is 10.6 Å². The van der Waals surface area contributed by atoms with Crippen LogP contribution in [0.3, 0.4) is 0 Å². The summed E-state index contributed by atoms with van der Waals surface area (Å²) < 4.78 is 4.70. The number of hydrogen-bond acceptors (Lipinski definition) is 4. The number of rotatable bonds is 5. The average molecular weight is 375 g/mol. The Kier molecular flexibility index (Phi) is 6.00. The lowest BCUT2D eigenvalue weighted by Gasteiger charge is -2.23. The largest absolute Gasteiger partial charge is 0.465 e. The molecule has 0 aliphatic rings. The van der Waals surface area contributed by atoms with E-state index in [1.807, 2.05) is 0 Å². The topological polar surface area (TPSA) is 84.5 Å². The van der Waals surface area contributed by atoms with Crippen LogP contribution in [0.1, 0.15) is 24.2 Å². The maximum Gasteiger partial charge on any atom is 0.339 e. The zero-order valence-electron chi connectivity index (χ0n) is 14.6. The maximum atomic E-state index is 12.6. The van der Waals surface area contributed by atoms with Gasteiger partial charge in [-0.2, -0.15) is 0 Å². The van der Waals surface area contributed by atoms with E-state index in [1.54, 1.807) is 42.5 Å². The lowest BCUT2D eigenvalue weighted by atomic mass is 9.90. The Morgan fingerprint density at radius 3 is 2.12 bits per heavy atom. The van der Waals surface area contributed by atoms with Crippen molar-refractivity contribution in [3.63, 3.8) is 0 Å². The van der Waals surface area contributed by atoms with Gasteiger partial charge in [-0.3, -0.25) is 9.59 Å². The molecule has 6 nitrogen and oxygen atoms in total. The van der Waals surface area contributed by atoms with Crippen molar-refractivity contribution in [2.75, 3.05) is 17.7 Å². The van der Waals surface area contributed by atoms with Gasteiger partial charge in [0, 0.05) is 10.7 Å². The monoisotopic (exact) mass is 374 g/mol. The van der Waals surface area contributed by atoms with Crippen LogP contribution in [-0.2, 0) is 14.3 Å². The number of hydrogen-bond donors (Lipinski definition) is 2. The first-order chi connectivity index (χ1) is 12.3. The van der Waals surface area contributed by atoms with Crippen molar-refractivity contribution >= 4 is 40.8 Å². The highest BCUT2D eigenvalue weighted by Crippen LogP contribution is 2.24. The molecule has 0 aliphatic heterocycles. The van der Waals surface area contributed by atoms with Gasteiger partial charge in [0.15, 0.2) is 0 Å². The van der Waals surface area contributed by atoms with Gasteiger partial charge in [0.2, 0.25) is 11.8 Å². The molecule has 0 bridgehead atoms. The highest BCUT2D eigenvalue weighted by Gasteiger charge is 2.36. The molecule has 2 aromatic rings. The third kappa shape index (κ3) is 4.40. The Bertz CT molecular complexity index is 832. The number of halogens is 1. The van der Waals surface area contributed by atoms with Gasteiger partial charge in [-0.25, -0.2) is 4.79 Å². The molecule has 136 valence electrons. The van der Waals surface area contributed by atoms with Crippen LogP contribution in [0.25, 0.3) is 0 Å². The molecule has 0 saturated carbocycles. The van der Waals surface area contributed by atoms with Crippen molar-refractivity contribution in [3.05, 3.63) is 59.1 Å². The Labute approximate surface area is 156 Å². The van der Waals surface area contributed by atoms with Crippen LogP contribution in [-0.4, -0.2) is 24.9 Å². The first-order valence-electron chi connectivity index (χ1n) is 7.81. The highest BCUT2D eigenvalue weighted by atomic mass is 35.5. The van der Waals surface area contributed by atoms with Crippen LogP contribution in [0.15, 0.2) is 48.5 Å². The fourth-order valence-corrected chi connectivity index (χ4v) is 2.21. The predicted molar refractivity (Wildman–Crippen MR) is 100 cm³/mol. The fourth-order valence-electron chi connectivity index (χ4n) is 2.08. The first-order valence-corrected chi connectivity index (χ1v) is 8.19. The summed E-state index contributed by atoms with van der Waals surface area (Å²) in [6.07, 6.45) is 0. The van der Waals surface area contributed by atoms with Gasteiger partial charge in [-0.05, 0) is 50.2 Å². The number of amides is 2. The Morgan fingerprint density at radius 2 is 1.50 bits per heavy atom. The van der Waals surface area contributed by atoms with Gasteiger partial charge in [0.25, 0.3) is 0 Å². The molecule has 0 aliphatic carbocycles. The molecule has 2 aromatic carbocycles. The molecule has 0 unspecified atom stereocenters. The van der Waals surface area contributed by atoms with Crippen molar-refractivity contribution in [2.24, 2.45) is 5.41 Å². The van der Waals surface area contributed by atoms with Crippen molar-refractivity contribution in [1.29, 1.82) is 0 Å². The molecular weight excluding hydrogens is 356 g/mol. The molecule has 7 heteroatoms. The Morgan fingerprint density at radius 1 is 0.923 bits per heavy atom. The summed E-state index contributed by atoms with van der Waals surface area (Å²) in [5, 5.41) is 5.84. The molecule has 0 aromatic heterocycles. The normalized spacial score (nSPS) is 10.8. The summed E-state index contributed by atoms with van der Waals surface area (Å²) in [6.45, 7) is 2.99. The van der Waals surface area contributed by atoms with Gasteiger partial charge in [0.05, 0.1) is 18.4 Å². The number of esters is 1. The predicted octanol–water partition coefficient (Wildman–Crippen LogP) is 3.73. The number of anilines is 2. The third-order valence-corrected chi connectivity index (χ3v) is 4.07. The highest BCUT2D eigenvalue weighted by molar-refractivity contribution is 6.30. The second kappa shape index (κ2) is 8.01. The van der Waals surface area contributed by atoms with E-state index >= 15 is 0 Å². The van der Waals surface area contributed by atoms with E-state index in [1.165, 1.54) is 27.0 Å². The summed E-state index contributed by atoms with van der Waals surface area (Å²) >= 11 is 5.82. The second-order valence-electron chi connectivity index (χ2n) is 6.08. The molecule has 0 heterocycles. The zero-order valence-corrected chi connectivity index (χ0v) is 15.4. The number of methoxy groups -OCH3 is 1. The summed E-state index contributed by atoms with van der Waals surface area (Å²) in [4.78, 5) is 37.0. The van der Waals surface area contributed by atoms with Crippen LogP contribution >= 0.6 is 11.6 Å². The summed E-state index contributed by atoms with van der Waals surface area (Å²) in [7, 11) is 1.25. The van der Waals surface area contributed by atoms with Crippen molar-refractivity contribution < 1.29 is 19.1 Å². The van der Waals surface area contributed by atoms with E-state index in [0.717, 1.165) is 0 Å². The molecule has 0 spiro atoms. The zero-order chi connectivity index (χ0) is 19.3. The van der Waals surface area contributed by atoms with Crippen molar-refractivity contribution in [1.82, 2.24) is 0 Å². The number of ether oxygens (including phenoxy) is 1. The van der Waals surface area contributed by atoms with Crippen LogP contribution in [0, 0.1) is 5.41 Å². The van der Waals surface area contributed by atoms with Crippen LogP contribution in [0.5, 0.6) is 0 Å². The van der Waals surface area contributed by atoms with Crippen molar-refractivity contribution in [3.8, 4) is 0 Å². The Hall–Kier alpha value is -2.86. The van der Waals surface area contributed by atoms with Crippen LogP contribution in [0.4, 0.5) is 11.4 Å². The molecule has 2 N–H and O–H groups in total. The van der Waals surface area contributed by atoms with Gasteiger partial charge in [-0.1, -0.05) is 23.7 Å². The quantitative estimate of drug-likeness (QED) is 0.617. The minimum absolute atomic E-state index is 0.206.